The second-order valence-corrected chi connectivity index (χ2v) is 4.58. The minimum absolute atomic E-state index is 0.0285. The maximum Gasteiger partial charge on any atom is 0.411 e. The SMILES string of the molecule is O=C1CCCc2c(OCCOCC(F)(F)F)cccc21. The lowest BCUT2D eigenvalue weighted by Crippen LogP contribution is -2.20. The Morgan fingerprint density at radius 3 is 2.70 bits per heavy atom. The van der Waals surface area contributed by atoms with Crippen molar-refractivity contribution in [1.29, 1.82) is 0 Å². The lowest BCUT2D eigenvalue weighted by molar-refractivity contribution is -0.175. The lowest BCUT2D eigenvalue weighted by Gasteiger charge is -2.18. The summed E-state index contributed by atoms with van der Waals surface area (Å²) in [6, 6.07) is 5.19. The molecule has 1 aromatic carbocycles. The van der Waals surface area contributed by atoms with E-state index in [0.29, 0.717) is 17.7 Å². The minimum Gasteiger partial charge on any atom is -0.491 e. The van der Waals surface area contributed by atoms with E-state index in [9.17, 15) is 18.0 Å². The van der Waals surface area contributed by atoms with Crippen LogP contribution in [0.5, 0.6) is 5.75 Å². The molecule has 3 nitrogen and oxygen atoms in total. The Kier molecular flexibility index (Phi) is 4.65. The molecular weight excluding hydrogens is 273 g/mol. The number of alkyl halides is 3. The highest BCUT2D eigenvalue weighted by Crippen LogP contribution is 2.29. The fourth-order valence-electron chi connectivity index (χ4n) is 2.18. The van der Waals surface area contributed by atoms with Crippen molar-refractivity contribution in [3.8, 4) is 5.75 Å². The number of rotatable bonds is 5. The third-order valence-electron chi connectivity index (χ3n) is 3.02. The van der Waals surface area contributed by atoms with Crippen LogP contribution in [0.2, 0.25) is 0 Å². The lowest BCUT2D eigenvalue weighted by atomic mass is 9.90. The van der Waals surface area contributed by atoms with E-state index in [1.54, 1.807) is 18.2 Å². The number of hydrogen-bond acceptors (Lipinski definition) is 3. The number of benzene rings is 1. The van der Waals surface area contributed by atoms with Crippen molar-refractivity contribution >= 4 is 5.78 Å². The van der Waals surface area contributed by atoms with Gasteiger partial charge in [0, 0.05) is 17.5 Å². The van der Waals surface area contributed by atoms with E-state index >= 15 is 0 Å². The first-order chi connectivity index (χ1) is 9.47. The van der Waals surface area contributed by atoms with Gasteiger partial charge in [0.15, 0.2) is 5.78 Å². The largest absolute Gasteiger partial charge is 0.491 e. The highest BCUT2D eigenvalue weighted by molar-refractivity contribution is 5.99. The summed E-state index contributed by atoms with van der Waals surface area (Å²) in [5.41, 5.74) is 1.50. The van der Waals surface area contributed by atoms with Gasteiger partial charge in [-0.05, 0) is 18.9 Å². The number of halogens is 3. The fourth-order valence-corrected chi connectivity index (χ4v) is 2.18. The third-order valence-corrected chi connectivity index (χ3v) is 3.02. The summed E-state index contributed by atoms with van der Waals surface area (Å²) in [6.45, 7) is -1.39. The van der Waals surface area contributed by atoms with E-state index in [1.165, 1.54) is 0 Å². The number of ether oxygens (including phenoxy) is 2. The molecule has 1 aromatic rings. The molecule has 0 N–H and O–H groups in total. The molecule has 0 saturated heterocycles. The average Bonchev–Trinajstić information content (AvgIpc) is 2.38. The molecular formula is C14H15F3O3. The molecule has 1 aliphatic carbocycles. The van der Waals surface area contributed by atoms with E-state index in [4.69, 9.17) is 4.74 Å². The van der Waals surface area contributed by atoms with Crippen LogP contribution in [-0.2, 0) is 11.2 Å². The summed E-state index contributed by atoms with van der Waals surface area (Å²) in [7, 11) is 0. The Morgan fingerprint density at radius 2 is 1.95 bits per heavy atom. The Labute approximate surface area is 114 Å². The van der Waals surface area contributed by atoms with E-state index in [1.807, 2.05) is 0 Å². The van der Waals surface area contributed by atoms with Gasteiger partial charge >= 0.3 is 6.18 Å². The Bertz CT molecular complexity index is 483. The number of carbonyl (C=O) groups excluding carboxylic acids is 1. The summed E-state index contributed by atoms with van der Waals surface area (Å²) in [4.78, 5) is 11.7. The van der Waals surface area contributed by atoms with E-state index < -0.39 is 12.8 Å². The zero-order valence-electron chi connectivity index (χ0n) is 10.8. The summed E-state index contributed by atoms with van der Waals surface area (Å²) < 4.78 is 45.5. The fraction of sp³-hybridized carbons (Fsp3) is 0.500. The topological polar surface area (TPSA) is 35.5 Å². The van der Waals surface area contributed by atoms with Gasteiger partial charge in [-0.3, -0.25) is 4.79 Å². The van der Waals surface area contributed by atoms with Crippen LogP contribution in [0.4, 0.5) is 13.2 Å². The number of fused-ring (bicyclic) bond motifs is 1. The Hall–Kier alpha value is -1.56. The molecule has 20 heavy (non-hydrogen) atoms. The molecule has 0 bridgehead atoms. The zero-order chi connectivity index (χ0) is 14.6. The van der Waals surface area contributed by atoms with Gasteiger partial charge in [0.05, 0.1) is 6.61 Å². The third kappa shape index (κ3) is 3.96. The van der Waals surface area contributed by atoms with Crippen molar-refractivity contribution in [2.75, 3.05) is 19.8 Å². The second kappa shape index (κ2) is 6.26. The first kappa shape index (κ1) is 14.8. The molecule has 0 spiro atoms. The number of Topliss-reactive ketones (excluding diaryl/α,β-unsaturated/α-hetero) is 1. The van der Waals surface area contributed by atoms with Gasteiger partial charge in [0.25, 0.3) is 0 Å². The summed E-state index contributed by atoms with van der Waals surface area (Å²) in [5, 5.41) is 0. The van der Waals surface area contributed by atoms with Crippen LogP contribution < -0.4 is 4.74 Å². The van der Waals surface area contributed by atoms with Crippen LogP contribution in [-0.4, -0.2) is 31.8 Å². The van der Waals surface area contributed by atoms with Crippen molar-refractivity contribution in [2.24, 2.45) is 0 Å². The molecule has 110 valence electrons. The maximum atomic E-state index is 11.9. The van der Waals surface area contributed by atoms with Crippen LogP contribution in [0.1, 0.15) is 28.8 Å². The minimum atomic E-state index is -4.32. The first-order valence-electron chi connectivity index (χ1n) is 6.40. The maximum absolute atomic E-state index is 11.9. The smallest absolute Gasteiger partial charge is 0.411 e. The molecule has 0 aliphatic heterocycles. The molecule has 0 unspecified atom stereocenters. The van der Waals surface area contributed by atoms with Gasteiger partial charge in [0.1, 0.15) is 19.0 Å². The predicted molar refractivity (Wildman–Crippen MR) is 66.1 cm³/mol. The second-order valence-electron chi connectivity index (χ2n) is 4.58. The van der Waals surface area contributed by atoms with E-state index in [2.05, 4.69) is 4.74 Å². The van der Waals surface area contributed by atoms with Gasteiger partial charge in [-0.2, -0.15) is 13.2 Å². The van der Waals surface area contributed by atoms with Crippen LogP contribution in [0, 0.1) is 0 Å². The van der Waals surface area contributed by atoms with Crippen LogP contribution in [0.25, 0.3) is 0 Å². The number of ketones is 1. The van der Waals surface area contributed by atoms with Crippen molar-refractivity contribution in [3.05, 3.63) is 29.3 Å². The van der Waals surface area contributed by atoms with Crippen LogP contribution >= 0.6 is 0 Å². The predicted octanol–water partition coefficient (Wildman–Crippen LogP) is 3.16. The van der Waals surface area contributed by atoms with E-state index in [-0.39, 0.29) is 19.0 Å². The molecule has 0 saturated carbocycles. The molecule has 0 amide bonds. The summed E-state index contributed by atoms with van der Waals surface area (Å²) in [6.07, 6.45) is -2.26. The Morgan fingerprint density at radius 1 is 1.15 bits per heavy atom. The van der Waals surface area contributed by atoms with Crippen molar-refractivity contribution in [2.45, 2.75) is 25.4 Å². The number of hydrogen-bond donors (Lipinski definition) is 0. The van der Waals surface area contributed by atoms with Gasteiger partial charge < -0.3 is 9.47 Å². The molecule has 0 aromatic heterocycles. The van der Waals surface area contributed by atoms with Gasteiger partial charge in [-0.25, -0.2) is 0 Å². The average molecular weight is 288 g/mol. The highest BCUT2D eigenvalue weighted by atomic mass is 19.4. The summed E-state index contributed by atoms with van der Waals surface area (Å²) in [5.74, 6) is 0.649. The van der Waals surface area contributed by atoms with Crippen LogP contribution in [0.15, 0.2) is 18.2 Å². The molecule has 0 radical (unpaired) electrons. The van der Waals surface area contributed by atoms with Crippen molar-refractivity contribution in [3.63, 3.8) is 0 Å². The molecule has 0 atom stereocenters. The quantitative estimate of drug-likeness (QED) is 0.781. The van der Waals surface area contributed by atoms with Gasteiger partial charge in [0.2, 0.25) is 0 Å². The standard InChI is InChI=1S/C14H15F3O3/c15-14(16,17)9-19-7-8-20-13-6-2-3-10-11(13)4-1-5-12(10)18/h2-3,6H,1,4-5,7-9H2. The molecule has 1 aliphatic rings. The van der Waals surface area contributed by atoms with Crippen molar-refractivity contribution < 1.29 is 27.4 Å². The highest BCUT2D eigenvalue weighted by Gasteiger charge is 2.27. The Balaban J connectivity index is 1.88. The number of carbonyl (C=O) groups is 1. The monoisotopic (exact) mass is 288 g/mol. The molecule has 6 heteroatoms. The van der Waals surface area contributed by atoms with Crippen molar-refractivity contribution in [1.82, 2.24) is 0 Å². The normalized spacial score (nSPS) is 15.1. The molecule has 0 heterocycles. The summed E-state index contributed by atoms with van der Waals surface area (Å²) >= 11 is 0. The molecule has 0 fully saturated rings. The van der Waals surface area contributed by atoms with Gasteiger partial charge in [-0.1, -0.05) is 12.1 Å². The zero-order valence-corrected chi connectivity index (χ0v) is 10.8. The first-order valence-corrected chi connectivity index (χ1v) is 6.40. The molecule has 2 rings (SSSR count). The van der Waals surface area contributed by atoms with Gasteiger partial charge in [-0.15, -0.1) is 0 Å². The van der Waals surface area contributed by atoms with E-state index in [0.717, 1.165) is 18.4 Å². The van der Waals surface area contributed by atoms with Crippen LogP contribution in [0.3, 0.4) is 0 Å².